The summed E-state index contributed by atoms with van der Waals surface area (Å²) in [5.74, 6) is 1.13. The van der Waals surface area contributed by atoms with Gasteiger partial charge in [-0.25, -0.2) is 14.1 Å². The number of hydrogen-bond donors (Lipinski definition) is 1. The van der Waals surface area contributed by atoms with Crippen LogP contribution in [0.4, 0.5) is 10.3 Å². The number of aromatic nitrogens is 2. The fourth-order valence-corrected chi connectivity index (χ4v) is 2.41. The predicted octanol–water partition coefficient (Wildman–Crippen LogP) is 3.38. The lowest BCUT2D eigenvalue weighted by atomic mass is 10.2. The van der Waals surface area contributed by atoms with Crippen LogP contribution >= 0.6 is 0 Å². The van der Waals surface area contributed by atoms with Crippen LogP contribution in [0.5, 0.6) is 11.5 Å². The van der Waals surface area contributed by atoms with Gasteiger partial charge in [0.05, 0.1) is 25.2 Å². The van der Waals surface area contributed by atoms with E-state index < -0.39 is 0 Å². The molecule has 1 heterocycles. The third-order valence-corrected chi connectivity index (χ3v) is 3.68. The molecule has 2 N–H and O–H groups in total. The Morgan fingerprint density at radius 2 is 2.00 bits per heavy atom. The summed E-state index contributed by atoms with van der Waals surface area (Å²) in [5, 5.41) is 4.32. The van der Waals surface area contributed by atoms with E-state index in [1.807, 2.05) is 19.1 Å². The molecule has 0 aliphatic carbocycles. The average Bonchev–Trinajstić information content (AvgIpc) is 2.96. The Labute approximate surface area is 150 Å². The first-order chi connectivity index (χ1) is 12.6. The molecule has 0 aliphatic rings. The van der Waals surface area contributed by atoms with E-state index in [4.69, 9.17) is 15.2 Å². The molecule has 3 aromatic rings. The number of imidazole rings is 1. The Bertz CT molecular complexity index is 920. The fourth-order valence-electron chi connectivity index (χ4n) is 2.41. The first-order valence-corrected chi connectivity index (χ1v) is 7.97. The quantitative estimate of drug-likeness (QED) is 0.689. The van der Waals surface area contributed by atoms with Crippen LogP contribution in [0.1, 0.15) is 16.8 Å². The summed E-state index contributed by atoms with van der Waals surface area (Å²) in [6, 6.07) is 11.6. The zero-order valence-corrected chi connectivity index (χ0v) is 14.5. The van der Waals surface area contributed by atoms with E-state index in [0.29, 0.717) is 17.4 Å². The number of rotatable bonds is 6. The Hall–Kier alpha value is -3.35. The van der Waals surface area contributed by atoms with Crippen LogP contribution in [0, 0.1) is 12.7 Å². The molecule has 26 heavy (non-hydrogen) atoms. The zero-order chi connectivity index (χ0) is 18.5. The number of ether oxygens (including phenoxy) is 2. The maximum atomic E-state index is 13.0. The molecule has 3 rings (SSSR count). The number of benzene rings is 2. The molecule has 0 bridgehead atoms. The minimum atomic E-state index is -0.285. The monoisotopic (exact) mass is 354 g/mol. The van der Waals surface area contributed by atoms with E-state index in [0.717, 1.165) is 16.8 Å². The van der Waals surface area contributed by atoms with Crippen molar-refractivity contribution in [3.8, 4) is 11.5 Å². The van der Waals surface area contributed by atoms with Crippen molar-refractivity contribution in [2.24, 2.45) is 5.10 Å². The molecule has 6 nitrogen and oxygen atoms in total. The molecule has 1 aromatic heterocycles. The van der Waals surface area contributed by atoms with Gasteiger partial charge in [0.15, 0.2) is 11.5 Å². The van der Waals surface area contributed by atoms with Crippen molar-refractivity contribution >= 4 is 12.2 Å². The van der Waals surface area contributed by atoms with Crippen LogP contribution in [-0.4, -0.2) is 23.0 Å². The molecule has 0 unspecified atom stereocenters. The third kappa shape index (κ3) is 4.00. The number of anilines is 1. The summed E-state index contributed by atoms with van der Waals surface area (Å²) in [6.45, 7) is 2.11. The lowest BCUT2D eigenvalue weighted by molar-refractivity contribution is 0.284. The number of methoxy groups -OCH3 is 1. The Balaban J connectivity index is 1.85. The van der Waals surface area contributed by atoms with Gasteiger partial charge in [0.1, 0.15) is 12.4 Å². The number of hydrogen-bond acceptors (Lipinski definition) is 5. The van der Waals surface area contributed by atoms with E-state index in [1.165, 1.54) is 16.8 Å². The lowest BCUT2D eigenvalue weighted by Crippen LogP contribution is -2.02. The Morgan fingerprint density at radius 3 is 2.65 bits per heavy atom. The van der Waals surface area contributed by atoms with Crippen molar-refractivity contribution in [2.45, 2.75) is 13.5 Å². The highest BCUT2D eigenvalue weighted by Gasteiger charge is 2.10. The second kappa shape index (κ2) is 7.69. The lowest BCUT2D eigenvalue weighted by Gasteiger charge is -2.13. The van der Waals surface area contributed by atoms with Gasteiger partial charge in [0.2, 0.25) is 5.95 Å². The van der Waals surface area contributed by atoms with Crippen molar-refractivity contribution in [1.29, 1.82) is 0 Å². The summed E-state index contributed by atoms with van der Waals surface area (Å²) in [7, 11) is 1.57. The normalized spacial score (nSPS) is 11.0. The molecule has 134 valence electrons. The van der Waals surface area contributed by atoms with Gasteiger partial charge < -0.3 is 15.2 Å². The van der Waals surface area contributed by atoms with Gasteiger partial charge in [0, 0.05) is 5.56 Å². The highest BCUT2D eigenvalue weighted by atomic mass is 19.1. The van der Waals surface area contributed by atoms with Crippen LogP contribution < -0.4 is 15.2 Å². The first kappa shape index (κ1) is 17.5. The van der Waals surface area contributed by atoms with Gasteiger partial charge in [-0.1, -0.05) is 18.2 Å². The second-order valence-corrected chi connectivity index (χ2v) is 5.62. The fraction of sp³-hybridized carbons (Fsp3) is 0.158. The number of para-hydroxylation sites is 1. The van der Waals surface area contributed by atoms with E-state index in [2.05, 4.69) is 10.1 Å². The van der Waals surface area contributed by atoms with E-state index in [1.54, 1.807) is 37.7 Å². The van der Waals surface area contributed by atoms with Crippen LogP contribution in [-0.2, 0) is 6.61 Å². The summed E-state index contributed by atoms with van der Waals surface area (Å²) < 4.78 is 25.8. The molecule has 0 saturated carbocycles. The van der Waals surface area contributed by atoms with Crippen LogP contribution in [0.25, 0.3) is 0 Å². The maximum absolute atomic E-state index is 13.0. The molecular weight excluding hydrogens is 335 g/mol. The molecule has 0 radical (unpaired) electrons. The van der Waals surface area contributed by atoms with Gasteiger partial charge in [-0.3, -0.25) is 0 Å². The van der Waals surface area contributed by atoms with E-state index in [-0.39, 0.29) is 12.4 Å². The van der Waals surface area contributed by atoms with Gasteiger partial charge in [-0.2, -0.15) is 5.10 Å². The van der Waals surface area contributed by atoms with Crippen LogP contribution in [0.15, 0.2) is 53.8 Å². The average molecular weight is 354 g/mol. The van der Waals surface area contributed by atoms with Gasteiger partial charge in [-0.05, 0) is 36.8 Å². The topological polar surface area (TPSA) is 74.7 Å². The molecule has 0 spiro atoms. The second-order valence-electron chi connectivity index (χ2n) is 5.62. The zero-order valence-electron chi connectivity index (χ0n) is 14.5. The highest BCUT2D eigenvalue weighted by molar-refractivity contribution is 5.85. The molecule has 2 aromatic carbocycles. The van der Waals surface area contributed by atoms with Crippen molar-refractivity contribution < 1.29 is 13.9 Å². The van der Waals surface area contributed by atoms with E-state index in [9.17, 15) is 4.39 Å². The minimum Gasteiger partial charge on any atom is -0.493 e. The smallest absolute Gasteiger partial charge is 0.221 e. The highest BCUT2D eigenvalue weighted by Crippen LogP contribution is 2.31. The van der Waals surface area contributed by atoms with Crippen molar-refractivity contribution in [3.05, 3.63) is 71.3 Å². The SMILES string of the molecule is COc1cccc(C=Nn2cc(C)nc2N)c1OCc1ccc(F)cc1. The molecular formula is C19H19FN4O2. The molecule has 7 heteroatoms. The number of aryl methyl sites for hydroxylation is 1. The molecule has 0 aliphatic heterocycles. The standard InChI is InChI=1S/C19H19FN4O2/c1-13-11-24(19(21)23-13)22-10-15-4-3-5-17(25-2)18(15)26-12-14-6-8-16(20)9-7-14/h3-11H,12H2,1-2H3,(H2,21,23). The molecule has 0 saturated heterocycles. The summed E-state index contributed by atoms with van der Waals surface area (Å²) in [6.07, 6.45) is 3.35. The number of nitrogen functional groups attached to an aromatic ring is 1. The first-order valence-electron chi connectivity index (χ1n) is 7.97. The summed E-state index contributed by atoms with van der Waals surface area (Å²) in [5.41, 5.74) is 8.14. The van der Waals surface area contributed by atoms with Crippen LogP contribution in [0.3, 0.4) is 0 Å². The third-order valence-electron chi connectivity index (χ3n) is 3.68. The number of halogens is 1. The number of nitrogens with zero attached hydrogens (tertiary/aromatic N) is 3. The summed E-state index contributed by atoms with van der Waals surface area (Å²) in [4.78, 5) is 4.10. The Kier molecular flexibility index (Phi) is 5.17. The molecule has 0 fully saturated rings. The van der Waals surface area contributed by atoms with Gasteiger partial charge in [-0.15, -0.1) is 0 Å². The summed E-state index contributed by atoms with van der Waals surface area (Å²) >= 11 is 0. The molecule has 0 atom stereocenters. The minimum absolute atomic E-state index is 0.272. The number of nitrogens with two attached hydrogens (primary N) is 1. The van der Waals surface area contributed by atoms with Gasteiger partial charge in [0.25, 0.3) is 0 Å². The molecule has 0 amide bonds. The predicted molar refractivity (Wildman–Crippen MR) is 98.1 cm³/mol. The van der Waals surface area contributed by atoms with Crippen molar-refractivity contribution in [3.63, 3.8) is 0 Å². The van der Waals surface area contributed by atoms with Crippen LogP contribution in [0.2, 0.25) is 0 Å². The maximum Gasteiger partial charge on any atom is 0.221 e. The van der Waals surface area contributed by atoms with Crippen molar-refractivity contribution in [1.82, 2.24) is 9.66 Å². The van der Waals surface area contributed by atoms with Gasteiger partial charge >= 0.3 is 0 Å². The van der Waals surface area contributed by atoms with E-state index >= 15 is 0 Å². The van der Waals surface area contributed by atoms with Crippen molar-refractivity contribution in [2.75, 3.05) is 12.8 Å². The largest absolute Gasteiger partial charge is 0.493 e. The Morgan fingerprint density at radius 1 is 1.23 bits per heavy atom.